The molecule has 0 saturated carbocycles. The fourth-order valence-corrected chi connectivity index (χ4v) is 4.23. The van der Waals surface area contributed by atoms with Crippen LogP contribution in [0.4, 0.5) is 4.79 Å². The summed E-state index contributed by atoms with van der Waals surface area (Å²) in [5, 5.41) is 11.8. The Morgan fingerprint density at radius 2 is 1.79 bits per heavy atom. The number of pyridine rings is 1. The average Bonchev–Trinajstić information content (AvgIpc) is 3.18. The van der Waals surface area contributed by atoms with E-state index in [9.17, 15) is 4.79 Å². The van der Waals surface area contributed by atoms with Gasteiger partial charge in [0.05, 0.1) is 0 Å². The van der Waals surface area contributed by atoms with Crippen LogP contribution in [0, 0.1) is 5.92 Å². The van der Waals surface area contributed by atoms with Gasteiger partial charge in [0.15, 0.2) is 5.65 Å². The van der Waals surface area contributed by atoms with E-state index in [1.54, 1.807) is 0 Å². The van der Waals surface area contributed by atoms with Crippen molar-refractivity contribution in [3.63, 3.8) is 0 Å². The number of rotatable bonds is 5. The topological polar surface area (TPSA) is 62.5 Å². The normalized spacial score (nSPS) is 16.3. The van der Waals surface area contributed by atoms with Crippen LogP contribution in [0.15, 0.2) is 54.7 Å². The van der Waals surface area contributed by atoms with Crippen molar-refractivity contribution in [2.45, 2.75) is 38.5 Å². The summed E-state index contributed by atoms with van der Waals surface area (Å²) in [5.41, 5.74) is 2.16. The third kappa shape index (κ3) is 4.26. The Morgan fingerprint density at radius 3 is 2.52 bits per heavy atom. The molecule has 1 unspecified atom stereocenters. The second-order valence-corrected chi connectivity index (χ2v) is 8.20. The maximum absolute atomic E-state index is 12.7. The lowest BCUT2D eigenvalue weighted by Crippen LogP contribution is -2.45. The molecular weight excluding hydrogens is 362 g/mol. The molecular formula is C23H29N5O. The molecule has 2 aromatic heterocycles. The number of likely N-dealkylation sites (tertiary alicyclic amines) is 1. The van der Waals surface area contributed by atoms with Gasteiger partial charge in [0.25, 0.3) is 0 Å². The van der Waals surface area contributed by atoms with Crippen LogP contribution >= 0.6 is 0 Å². The molecule has 1 aliphatic heterocycles. The first-order chi connectivity index (χ1) is 14.1. The third-order valence-corrected chi connectivity index (χ3v) is 5.99. The minimum atomic E-state index is 0.0381. The molecule has 6 heteroatoms. The van der Waals surface area contributed by atoms with Crippen LogP contribution in [-0.4, -0.2) is 45.2 Å². The van der Waals surface area contributed by atoms with E-state index < -0.39 is 0 Å². The van der Waals surface area contributed by atoms with E-state index in [1.165, 1.54) is 5.56 Å². The molecule has 1 aromatic carbocycles. The zero-order valence-corrected chi connectivity index (χ0v) is 17.2. The summed E-state index contributed by atoms with van der Waals surface area (Å²) in [4.78, 5) is 14.7. The van der Waals surface area contributed by atoms with E-state index >= 15 is 0 Å². The molecule has 1 fully saturated rings. The number of hydrogen-bond donors (Lipinski definition) is 1. The van der Waals surface area contributed by atoms with E-state index in [4.69, 9.17) is 0 Å². The fraction of sp³-hybridized carbons (Fsp3) is 0.435. The van der Waals surface area contributed by atoms with Crippen molar-refractivity contribution in [2.75, 3.05) is 19.6 Å². The number of urea groups is 1. The van der Waals surface area contributed by atoms with Crippen LogP contribution in [0.5, 0.6) is 0 Å². The van der Waals surface area contributed by atoms with Crippen molar-refractivity contribution in [3.05, 3.63) is 66.1 Å². The molecule has 2 amide bonds. The first kappa shape index (κ1) is 19.4. The monoisotopic (exact) mass is 391 g/mol. The van der Waals surface area contributed by atoms with Crippen LogP contribution in [0.25, 0.3) is 5.65 Å². The van der Waals surface area contributed by atoms with Gasteiger partial charge in [-0.25, -0.2) is 4.79 Å². The molecule has 6 nitrogen and oxygen atoms in total. The minimum absolute atomic E-state index is 0.0381. The Bertz CT molecular complexity index is 944. The molecule has 0 bridgehead atoms. The number of carbonyl (C=O) groups is 1. The Hall–Kier alpha value is -2.89. The van der Waals surface area contributed by atoms with Crippen LogP contribution in [0.1, 0.15) is 49.9 Å². The summed E-state index contributed by atoms with van der Waals surface area (Å²) in [6, 6.07) is 16.4. The number of fused-ring (bicyclic) bond motifs is 1. The van der Waals surface area contributed by atoms with E-state index in [1.807, 2.05) is 35.4 Å². The van der Waals surface area contributed by atoms with Gasteiger partial charge in [0, 0.05) is 37.7 Å². The second kappa shape index (κ2) is 8.64. The molecule has 1 saturated heterocycles. The zero-order chi connectivity index (χ0) is 20.2. The summed E-state index contributed by atoms with van der Waals surface area (Å²) < 4.78 is 2.06. The molecule has 3 aromatic rings. The molecule has 152 valence electrons. The molecule has 0 aliphatic carbocycles. The van der Waals surface area contributed by atoms with Gasteiger partial charge in [-0.3, -0.25) is 4.40 Å². The summed E-state index contributed by atoms with van der Waals surface area (Å²) in [5.74, 6) is 2.12. The number of carbonyl (C=O) groups excluding carboxylic acids is 1. The molecule has 29 heavy (non-hydrogen) atoms. The fourth-order valence-electron chi connectivity index (χ4n) is 4.23. The standard InChI is InChI=1S/C23H29N5O/c1-17(2)20(18-8-4-3-5-9-18)16-24-23(29)27-14-11-19(12-15-27)22-26-25-21-10-6-7-13-28(21)22/h3-10,13,17,19-20H,11-12,14-16H2,1-2H3,(H,24,29). The SMILES string of the molecule is CC(C)C(CNC(=O)N1CCC(c2nnc3ccccn23)CC1)c1ccccc1. The van der Waals surface area contributed by atoms with E-state index in [-0.39, 0.29) is 6.03 Å². The number of hydrogen-bond acceptors (Lipinski definition) is 3. The Labute approximate surface area is 171 Å². The molecule has 1 aliphatic rings. The van der Waals surface area contributed by atoms with Crippen LogP contribution in [0.2, 0.25) is 0 Å². The summed E-state index contributed by atoms with van der Waals surface area (Å²) in [6.45, 7) is 6.57. The molecule has 0 radical (unpaired) electrons. The predicted molar refractivity (Wildman–Crippen MR) is 114 cm³/mol. The predicted octanol–water partition coefficient (Wildman–Crippen LogP) is 4.06. The van der Waals surface area contributed by atoms with Gasteiger partial charge in [0.2, 0.25) is 0 Å². The number of amides is 2. The molecule has 1 atom stereocenters. The Kier molecular flexibility index (Phi) is 5.79. The highest BCUT2D eigenvalue weighted by atomic mass is 16.2. The molecule has 0 spiro atoms. The summed E-state index contributed by atoms with van der Waals surface area (Å²) >= 11 is 0. The van der Waals surface area contributed by atoms with Gasteiger partial charge >= 0.3 is 6.03 Å². The maximum atomic E-state index is 12.7. The quantitative estimate of drug-likeness (QED) is 0.713. The van der Waals surface area contributed by atoms with E-state index in [2.05, 4.69) is 58.0 Å². The van der Waals surface area contributed by atoms with Crippen molar-refractivity contribution in [1.82, 2.24) is 24.8 Å². The highest BCUT2D eigenvalue weighted by Crippen LogP contribution is 2.27. The van der Waals surface area contributed by atoms with Crippen LogP contribution < -0.4 is 5.32 Å². The number of benzene rings is 1. The molecule has 1 N–H and O–H groups in total. The average molecular weight is 392 g/mol. The number of piperidine rings is 1. The highest BCUT2D eigenvalue weighted by Gasteiger charge is 2.27. The van der Waals surface area contributed by atoms with Gasteiger partial charge < -0.3 is 10.2 Å². The zero-order valence-electron chi connectivity index (χ0n) is 17.2. The van der Waals surface area contributed by atoms with Crippen molar-refractivity contribution in [2.24, 2.45) is 5.92 Å². The highest BCUT2D eigenvalue weighted by molar-refractivity contribution is 5.74. The van der Waals surface area contributed by atoms with Crippen LogP contribution in [0.3, 0.4) is 0 Å². The molecule has 3 heterocycles. The lowest BCUT2D eigenvalue weighted by atomic mass is 9.88. The number of aromatic nitrogens is 3. The largest absolute Gasteiger partial charge is 0.337 e. The lowest BCUT2D eigenvalue weighted by Gasteiger charge is -2.32. The van der Waals surface area contributed by atoms with Crippen molar-refractivity contribution in [1.29, 1.82) is 0 Å². The van der Waals surface area contributed by atoms with E-state index in [0.29, 0.717) is 24.3 Å². The first-order valence-corrected chi connectivity index (χ1v) is 10.5. The van der Waals surface area contributed by atoms with E-state index in [0.717, 1.165) is 37.4 Å². The third-order valence-electron chi connectivity index (χ3n) is 5.99. The van der Waals surface area contributed by atoms with Gasteiger partial charge in [-0.15, -0.1) is 10.2 Å². The van der Waals surface area contributed by atoms with Crippen molar-refractivity contribution >= 4 is 11.7 Å². The minimum Gasteiger partial charge on any atom is -0.337 e. The van der Waals surface area contributed by atoms with Gasteiger partial charge in [0.1, 0.15) is 5.82 Å². The Balaban J connectivity index is 1.33. The first-order valence-electron chi connectivity index (χ1n) is 10.5. The molecule has 4 rings (SSSR count). The van der Waals surface area contributed by atoms with Gasteiger partial charge in [-0.05, 0) is 36.5 Å². The van der Waals surface area contributed by atoms with Gasteiger partial charge in [-0.2, -0.15) is 0 Å². The maximum Gasteiger partial charge on any atom is 0.317 e. The van der Waals surface area contributed by atoms with Crippen molar-refractivity contribution < 1.29 is 4.79 Å². The van der Waals surface area contributed by atoms with Crippen molar-refractivity contribution in [3.8, 4) is 0 Å². The number of nitrogens with zero attached hydrogens (tertiary/aromatic N) is 4. The lowest BCUT2D eigenvalue weighted by molar-refractivity contribution is 0.179. The Morgan fingerprint density at radius 1 is 1.07 bits per heavy atom. The number of nitrogens with one attached hydrogen (secondary N) is 1. The van der Waals surface area contributed by atoms with Crippen LogP contribution in [-0.2, 0) is 0 Å². The summed E-state index contributed by atoms with van der Waals surface area (Å²) in [7, 11) is 0. The second-order valence-electron chi connectivity index (χ2n) is 8.20. The van der Waals surface area contributed by atoms with Gasteiger partial charge in [-0.1, -0.05) is 50.2 Å². The summed E-state index contributed by atoms with van der Waals surface area (Å²) in [6.07, 6.45) is 3.84. The smallest absolute Gasteiger partial charge is 0.317 e.